The van der Waals surface area contributed by atoms with Crippen molar-refractivity contribution in [3.05, 3.63) is 63.6 Å². The van der Waals surface area contributed by atoms with Crippen LogP contribution in [0.1, 0.15) is 121 Å². The number of ether oxygens (including phenoxy) is 1. The van der Waals surface area contributed by atoms with Crippen molar-refractivity contribution in [3.8, 4) is 11.8 Å². The minimum atomic E-state index is -3.92. The molecule has 0 heterocycles. The van der Waals surface area contributed by atoms with E-state index in [0.29, 0.717) is 15.6 Å². The van der Waals surface area contributed by atoms with Crippen molar-refractivity contribution in [2.75, 3.05) is 13.7 Å². The molecule has 0 aliphatic rings. The first-order chi connectivity index (χ1) is 20.9. The van der Waals surface area contributed by atoms with Gasteiger partial charge in [-0.2, -0.15) is 5.26 Å². The van der Waals surface area contributed by atoms with Gasteiger partial charge < -0.3 is 9.26 Å². The van der Waals surface area contributed by atoms with Crippen LogP contribution in [0, 0.1) is 11.3 Å². The van der Waals surface area contributed by atoms with E-state index in [1.54, 1.807) is 42.5 Å². The fourth-order valence-corrected chi connectivity index (χ4v) is 6.37. The molecule has 6 nitrogen and oxygen atoms in total. The number of nitrogens with zero attached hydrogens (tertiary/aromatic N) is 1. The van der Waals surface area contributed by atoms with Crippen LogP contribution in [0.3, 0.4) is 0 Å². The van der Waals surface area contributed by atoms with Crippen LogP contribution in [-0.4, -0.2) is 19.8 Å². The third-order valence-corrected chi connectivity index (χ3v) is 9.25. The summed E-state index contributed by atoms with van der Waals surface area (Å²) >= 11 is 12.3. The van der Waals surface area contributed by atoms with E-state index in [4.69, 9.17) is 41.5 Å². The maximum atomic E-state index is 13.2. The molecule has 0 saturated carbocycles. The average Bonchev–Trinajstić information content (AvgIpc) is 3.00. The fourth-order valence-electron chi connectivity index (χ4n) is 4.90. The molecule has 0 spiro atoms. The lowest BCUT2D eigenvalue weighted by Crippen LogP contribution is -2.20. The van der Waals surface area contributed by atoms with Gasteiger partial charge in [0.05, 0.1) is 36.0 Å². The largest absolute Gasteiger partial charge is 0.529 e. The van der Waals surface area contributed by atoms with E-state index in [2.05, 4.69) is 13.0 Å². The number of unbranched alkanes of at least 4 members (excludes halogenated alkanes) is 14. The molecule has 2 aromatic rings. The predicted octanol–water partition coefficient (Wildman–Crippen LogP) is 11.9. The number of hydrogen-bond acceptors (Lipinski definition) is 6. The van der Waals surface area contributed by atoms with Gasteiger partial charge in [0.15, 0.2) is 0 Å². The SMILES string of the molecule is CCCCCCCCCCCCCCCCC[C@H](COP(=O)(OC)Oc1ccccc1Cl)OCc1cc(Cl)cc(C#N)c1. The van der Waals surface area contributed by atoms with Gasteiger partial charge in [0.1, 0.15) is 5.75 Å². The van der Waals surface area contributed by atoms with Crippen molar-refractivity contribution in [2.24, 2.45) is 0 Å². The van der Waals surface area contributed by atoms with Crippen LogP contribution in [-0.2, 0) is 25.0 Å². The molecule has 0 bridgehead atoms. The summed E-state index contributed by atoms with van der Waals surface area (Å²) in [4.78, 5) is 0. The van der Waals surface area contributed by atoms with E-state index in [-0.39, 0.29) is 25.1 Å². The molecule has 43 heavy (non-hydrogen) atoms. The number of hydrogen-bond donors (Lipinski definition) is 0. The summed E-state index contributed by atoms with van der Waals surface area (Å²) in [6, 6.07) is 14.0. The highest BCUT2D eigenvalue weighted by molar-refractivity contribution is 7.48. The Labute approximate surface area is 270 Å². The Morgan fingerprint density at radius 2 is 1.42 bits per heavy atom. The molecule has 0 amide bonds. The molecule has 240 valence electrons. The lowest BCUT2D eigenvalue weighted by Gasteiger charge is -2.22. The molecule has 2 aromatic carbocycles. The number of nitriles is 1. The first-order valence-electron chi connectivity index (χ1n) is 15.9. The van der Waals surface area contributed by atoms with Crippen molar-refractivity contribution in [1.29, 1.82) is 5.26 Å². The Morgan fingerprint density at radius 1 is 0.837 bits per heavy atom. The monoisotopic (exact) mass is 653 g/mol. The van der Waals surface area contributed by atoms with E-state index in [9.17, 15) is 9.83 Å². The van der Waals surface area contributed by atoms with Gasteiger partial charge in [0.25, 0.3) is 0 Å². The Balaban J connectivity index is 1.76. The third kappa shape index (κ3) is 16.9. The zero-order valence-electron chi connectivity index (χ0n) is 26.0. The zero-order valence-corrected chi connectivity index (χ0v) is 28.4. The van der Waals surface area contributed by atoms with Gasteiger partial charge in [-0.3, -0.25) is 9.05 Å². The molecule has 0 aromatic heterocycles. The Kier molecular flexibility index (Phi) is 20.0. The molecule has 0 radical (unpaired) electrons. The number of halogens is 2. The molecule has 0 fully saturated rings. The number of phosphoric ester groups is 1. The van der Waals surface area contributed by atoms with E-state index < -0.39 is 7.82 Å². The van der Waals surface area contributed by atoms with Crippen molar-refractivity contribution in [3.63, 3.8) is 0 Å². The molecular formula is C34H50Cl2NO5P. The molecule has 9 heteroatoms. The van der Waals surface area contributed by atoms with Gasteiger partial charge in [-0.1, -0.05) is 139 Å². The smallest absolute Gasteiger partial charge is 0.402 e. The molecule has 2 rings (SSSR count). The zero-order chi connectivity index (χ0) is 31.2. The van der Waals surface area contributed by atoms with Crippen LogP contribution in [0.25, 0.3) is 0 Å². The summed E-state index contributed by atoms with van der Waals surface area (Å²) in [5.74, 6) is 0.220. The highest BCUT2D eigenvalue weighted by Gasteiger charge is 2.29. The highest BCUT2D eigenvalue weighted by atomic mass is 35.5. The molecule has 0 saturated heterocycles. The van der Waals surface area contributed by atoms with Gasteiger partial charge >= 0.3 is 7.82 Å². The molecule has 0 N–H and O–H groups in total. The number of para-hydroxylation sites is 1. The predicted molar refractivity (Wildman–Crippen MR) is 177 cm³/mol. The maximum absolute atomic E-state index is 13.2. The number of benzene rings is 2. The fraction of sp³-hybridized carbons (Fsp3) is 0.618. The van der Waals surface area contributed by atoms with Crippen LogP contribution < -0.4 is 4.52 Å². The van der Waals surface area contributed by atoms with Gasteiger partial charge in [0.2, 0.25) is 0 Å². The summed E-state index contributed by atoms with van der Waals surface area (Å²) in [5, 5.41) is 10.1. The van der Waals surface area contributed by atoms with Crippen molar-refractivity contribution < 1.29 is 22.9 Å². The van der Waals surface area contributed by atoms with Gasteiger partial charge in [-0.25, -0.2) is 4.57 Å². The first kappa shape index (κ1) is 37.6. The number of phosphoric acid groups is 1. The normalized spacial score (nSPS) is 13.4. The van der Waals surface area contributed by atoms with Gasteiger partial charge in [-0.15, -0.1) is 0 Å². The highest BCUT2D eigenvalue weighted by Crippen LogP contribution is 2.50. The van der Waals surface area contributed by atoms with Crippen molar-refractivity contribution in [1.82, 2.24) is 0 Å². The Bertz CT molecular complexity index is 1130. The standard InChI is InChI=1S/C34H50Cl2NO5P/c1-3-4-5-6-7-8-9-10-11-12-13-14-15-16-17-20-32(40-27-30-23-29(26-37)24-31(35)25-30)28-41-43(38,39-2)42-34-22-19-18-21-33(34)36/h18-19,21-25,32H,3-17,20,27-28H2,1-2H3/t32-,43?/m1/s1. The molecule has 0 aliphatic heterocycles. The summed E-state index contributed by atoms with van der Waals surface area (Å²) in [7, 11) is -2.65. The second-order valence-electron chi connectivity index (χ2n) is 11.1. The average molecular weight is 655 g/mol. The first-order valence-corrected chi connectivity index (χ1v) is 18.2. The van der Waals surface area contributed by atoms with Crippen LogP contribution in [0.4, 0.5) is 0 Å². The van der Waals surface area contributed by atoms with Crippen LogP contribution >= 0.6 is 31.0 Å². The molecular weight excluding hydrogens is 604 g/mol. The van der Waals surface area contributed by atoms with Crippen LogP contribution in [0.15, 0.2) is 42.5 Å². The summed E-state index contributed by atoms with van der Waals surface area (Å²) in [6.45, 7) is 2.52. The second kappa shape index (κ2) is 22.9. The second-order valence-corrected chi connectivity index (χ2v) is 13.6. The molecule has 2 atom stereocenters. The minimum Gasteiger partial charge on any atom is -0.402 e. The topological polar surface area (TPSA) is 77.8 Å². The lowest BCUT2D eigenvalue weighted by atomic mass is 10.0. The lowest BCUT2D eigenvalue weighted by molar-refractivity contribution is -0.00435. The number of rotatable bonds is 25. The summed E-state index contributed by atoms with van der Waals surface area (Å²) < 4.78 is 35.7. The van der Waals surface area contributed by atoms with E-state index in [0.717, 1.165) is 24.8 Å². The van der Waals surface area contributed by atoms with Crippen molar-refractivity contribution in [2.45, 2.75) is 122 Å². The third-order valence-electron chi connectivity index (χ3n) is 7.39. The van der Waals surface area contributed by atoms with E-state index in [1.807, 2.05) is 0 Å². The minimum absolute atomic E-state index is 0.0137. The van der Waals surface area contributed by atoms with Crippen LogP contribution in [0.2, 0.25) is 10.0 Å². The van der Waals surface area contributed by atoms with Gasteiger partial charge in [0, 0.05) is 12.1 Å². The van der Waals surface area contributed by atoms with Gasteiger partial charge in [-0.05, 0) is 42.3 Å². The van der Waals surface area contributed by atoms with E-state index in [1.165, 1.54) is 90.6 Å². The Morgan fingerprint density at radius 3 is 1.98 bits per heavy atom. The van der Waals surface area contributed by atoms with E-state index >= 15 is 0 Å². The molecule has 1 unspecified atom stereocenters. The van der Waals surface area contributed by atoms with Crippen molar-refractivity contribution >= 4 is 31.0 Å². The summed E-state index contributed by atoms with van der Waals surface area (Å²) in [6.07, 6.45) is 19.8. The van der Waals surface area contributed by atoms with Crippen LogP contribution in [0.5, 0.6) is 5.75 Å². The maximum Gasteiger partial charge on any atom is 0.529 e. The summed E-state index contributed by atoms with van der Waals surface area (Å²) in [5.41, 5.74) is 1.26. The quantitative estimate of drug-likeness (QED) is 0.0783. The molecule has 0 aliphatic carbocycles. The Hall–Kier alpha value is -1.58.